The Labute approximate surface area is 73.7 Å². The van der Waals surface area contributed by atoms with E-state index in [2.05, 4.69) is 4.98 Å². The van der Waals surface area contributed by atoms with Crippen LogP contribution in [0.1, 0.15) is 17.6 Å². The van der Waals surface area contributed by atoms with E-state index < -0.39 is 4.92 Å². The van der Waals surface area contributed by atoms with Gasteiger partial charge >= 0.3 is 0 Å². The maximum absolute atomic E-state index is 10.2. The zero-order valence-corrected chi connectivity index (χ0v) is 7.59. The molecular weight excluding hydrogens is 176 g/mol. The van der Waals surface area contributed by atoms with Crippen LogP contribution in [0.5, 0.6) is 0 Å². The number of aryl methyl sites for hydroxylation is 1. The van der Waals surface area contributed by atoms with E-state index in [0.717, 1.165) is 5.69 Å². The molecule has 0 aliphatic carbocycles. The van der Waals surface area contributed by atoms with Crippen molar-refractivity contribution in [2.75, 3.05) is 0 Å². The van der Waals surface area contributed by atoms with E-state index >= 15 is 0 Å². The quantitative estimate of drug-likeness (QED) is 0.522. The zero-order valence-electron chi connectivity index (χ0n) is 6.77. The lowest BCUT2D eigenvalue weighted by Gasteiger charge is -1.86. The molecule has 0 amide bonds. The lowest BCUT2D eigenvalue weighted by molar-refractivity contribution is -0.422. The molecule has 0 radical (unpaired) electrons. The second-order valence-corrected chi connectivity index (χ2v) is 3.26. The Morgan fingerprint density at radius 2 is 2.50 bits per heavy atom. The third-order valence-corrected chi connectivity index (χ3v) is 2.17. The highest BCUT2D eigenvalue weighted by Gasteiger charge is 2.03. The molecule has 0 N–H and O–H groups in total. The van der Waals surface area contributed by atoms with E-state index in [1.54, 1.807) is 0 Å². The van der Waals surface area contributed by atoms with Crippen molar-refractivity contribution in [2.24, 2.45) is 0 Å². The Balaban J connectivity index is 2.87. The van der Waals surface area contributed by atoms with Gasteiger partial charge in [0.15, 0.2) is 0 Å². The molecule has 1 rings (SSSR count). The van der Waals surface area contributed by atoms with Gasteiger partial charge in [0.1, 0.15) is 5.01 Å². The van der Waals surface area contributed by atoms with Crippen molar-refractivity contribution in [3.63, 3.8) is 0 Å². The molecular formula is C7H8N2O2S. The molecule has 0 saturated carbocycles. The standard InChI is InChI=1S/C7H8N2O2S/c1-5-4-12-7(8-5)3-6(2)9(10)11/h3-4H,1-2H3/b6-3+. The fourth-order valence-corrected chi connectivity index (χ4v) is 1.45. The Bertz CT molecular complexity index is 330. The highest BCUT2D eigenvalue weighted by atomic mass is 32.1. The normalized spacial score (nSPS) is 11.7. The van der Waals surface area contributed by atoms with Gasteiger partial charge in [0.2, 0.25) is 5.70 Å². The molecule has 0 unspecified atom stereocenters. The van der Waals surface area contributed by atoms with Gasteiger partial charge in [-0.15, -0.1) is 11.3 Å². The second-order valence-electron chi connectivity index (χ2n) is 2.37. The summed E-state index contributed by atoms with van der Waals surface area (Å²) in [5.41, 5.74) is 1.01. The summed E-state index contributed by atoms with van der Waals surface area (Å²) in [5, 5.41) is 12.8. The minimum atomic E-state index is -0.420. The highest BCUT2D eigenvalue weighted by molar-refractivity contribution is 7.10. The molecule has 0 aliphatic rings. The largest absolute Gasteiger partial charge is 0.259 e. The molecule has 4 nitrogen and oxygen atoms in total. The Kier molecular flexibility index (Phi) is 2.54. The summed E-state index contributed by atoms with van der Waals surface area (Å²) >= 11 is 1.40. The number of thiazole rings is 1. The number of nitro groups is 1. The van der Waals surface area contributed by atoms with E-state index in [1.165, 1.54) is 24.3 Å². The van der Waals surface area contributed by atoms with Gasteiger partial charge in [-0.25, -0.2) is 4.98 Å². The molecule has 1 heterocycles. The van der Waals surface area contributed by atoms with Crippen LogP contribution in [0.15, 0.2) is 11.1 Å². The number of hydrogen-bond acceptors (Lipinski definition) is 4. The summed E-state index contributed by atoms with van der Waals surface area (Å²) < 4.78 is 0. The first-order valence-corrected chi connectivity index (χ1v) is 4.22. The number of nitrogens with zero attached hydrogens (tertiary/aromatic N) is 2. The van der Waals surface area contributed by atoms with Crippen molar-refractivity contribution >= 4 is 17.4 Å². The van der Waals surface area contributed by atoms with Gasteiger partial charge < -0.3 is 0 Å². The molecule has 12 heavy (non-hydrogen) atoms. The van der Waals surface area contributed by atoms with E-state index in [-0.39, 0.29) is 5.70 Å². The molecule has 5 heteroatoms. The molecule has 0 spiro atoms. The zero-order chi connectivity index (χ0) is 9.14. The van der Waals surface area contributed by atoms with Crippen LogP contribution in [0.2, 0.25) is 0 Å². The highest BCUT2D eigenvalue weighted by Crippen LogP contribution is 2.12. The molecule has 0 fully saturated rings. The van der Waals surface area contributed by atoms with Crippen LogP contribution in [0.3, 0.4) is 0 Å². The number of rotatable bonds is 2. The molecule has 0 bridgehead atoms. The average molecular weight is 184 g/mol. The van der Waals surface area contributed by atoms with Crippen molar-refractivity contribution in [1.82, 2.24) is 4.98 Å². The maximum Gasteiger partial charge on any atom is 0.246 e. The predicted molar refractivity (Wildman–Crippen MR) is 47.5 cm³/mol. The lowest BCUT2D eigenvalue weighted by atomic mass is 10.4. The van der Waals surface area contributed by atoms with Crippen LogP contribution >= 0.6 is 11.3 Å². The average Bonchev–Trinajstić information content (AvgIpc) is 2.35. The van der Waals surface area contributed by atoms with Crippen LogP contribution in [-0.4, -0.2) is 9.91 Å². The molecule has 0 atom stereocenters. The molecule has 0 aliphatic heterocycles. The van der Waals surface area contributed by atoms with Gasteiger partial charge in [0, 0.05) is 24.1 Å². The fraction of sp³-hybridized carbons (Fsp3) is 0.286. The minimum Gasteiger partial charge on any atom is -0.259 e. The van der Waals surface area contributed by atoms with E-state index in [9.17, 15) is 10.1 Å². The van der Waals surface area contributed by atoms with Crippen LogP contribution in [0, 0.1) is 17.0 Å². The first-order chi connectivity index (χ1) is 5.59. The van der Waals surface area contributed by atoms with Crippen LogP contribution < -0.4 is 0 Å². The lowest BCUT2D eigenvalue weighted by Crippen LogP contribution is -1.92. The van der Waals surface area contributed by atoms with Crippen LogP contribution in [0.25, 0.3) is 6.08 Å². The summed E-state index contributed by atoms with van der Waals surface area (Å²) in [6, 6.07) is 0. The molecule has 1 aromatic heterocycles. The predicted octanol–water partition coefficient (Wildman–Crippen LogP) is 2.09. The monoisotopic (exact) mass is 184 g/mol. The molecule has 64 valence electrons. The van der Waals surface area contributed by atoms with E-state index in [4.69, 9.17) is 0 Å². The van der Waals surface area contributed by atoms with Gasteiger partial charge in [-0.2, -0.15) is 0 Å². The topological polar surface area (TPSA) is 56.0 Å². The van der Waals surface area contributed by atoms with Crippen LogP contribution in [0.4, 0.5) is 0 Å². The van der Waals surface area contributed by atoms with Crippen molar-refractivity contribution < 1.29 is 4.92 Å². The Hall–Kier alpha value is -1.23. The van der Waals surface area contributed by atoms with Crippen molar-refractivity contribution in [3.05, 3.63) is 31.9 Å². The third-order valence-electron chi connectivity index (χ3n) is 1.26. The van der Waals surface area contributed by atoms with Crippen LogP contribution in [-0.2, 0) is 0 Å². The fourth-order valence-electron chi connectivity index (χ4n) is 0.670. The van der Waals surface area contributed by atoms with Crippen molar-refractivity contribution in [1.29, 1.82) is 0 Å². The smallest absolute Gasteiger partial charge is 0.246 e. The summed E-state index contributed by atoms with van der Waals surface area (Å²) in [6.07, 6.45) is 1.47. The SMILES string of the molecule is C/C(=C\c1nc(C)cs1)[N+](=O)[O-]. The molecule has 1 aromatic rings. The molecule has 0 saturated heterocycles. The van der Waals surface area contributed by atoms with Crippen molar-refractivity contribution in [3.8, 4) is 0 Å². The Morgan fingerprint density at radius 1 is 1.83 bits per heavy atom. The van der Waals surface area contributed by atoms with E-state index in [0.29, 0.717) is 5.01 Å². The summed E-state index contributed by atoms with van der Waals surface area (Å²) in [4.78, 5) is 13.9. The summed E-state index contributed by atoms with van der Waals surface area (Å²) in [7, 11) is 0. The minimum absolute atomic E-state index is 0.115. The van der Waals surface area contributed by atoms with Gasteiger partial charge in [-0.05, 0) is 6.92 Å². The van der Waals surface area contributed by atoms with Gasteiger partial charge in [0.05, 0.1) is 4.92 Å². The van der Waals surface area contributed by atoms with Gasteiger partial charge in [-0.3, -0.25) is 10.1 Å². The number of hydrogen-bond donors (Lipinski definition) is 0. The first kappa shape index (κ1) is 8.86. The molecule has 0 aromatic carbocycles. The summed E-state index contributed by atoms with van der Waals surface area (Å²) in [6.45, 7) is 3.31. The number of aromatic nitrogens is 1. The second kappa shape index (κ2) is 3.44. The first-order valence-electron chi connectivity index (χ1n) is 3.34. The Morgan fingerprint density at radius 3 is 2.92 bits per heavy atom. The van der Waals surface area contributed by atoms with Gasteiger partial charge in [-0.1, -0.05) is 0 Å². The third kappa shape index (κ3) is 2.13. The van der Waals surface area contributed by atoms with E-state index in [1.807, 2.05) is 12.3 Å². The summed E-state index contributed by atoms with van der Waals surface area (Å²) in [5.74, 6) is 0. The van der Waals surface area contributed by atoms with Crippen molar-refractivity contribution in [2.45, 2.75) is 13.8 Å². The maximum atomic E-state index is 10.2. The van der Waals surface area contributed by atoms with Gasteiger partial charge in [0.25, 0.3) is 0 Å². The number of allylic oxidation sites excluding steroid dienone is 1.